The smallest absolute Gasteiger partial charge is 0.285 e. The van der Waals surface area contributed by atoms with E-state index in [2.05, 4.69) is 0 Å². The van der Waals surface area contributed by atoms with Crippen LogP contribution < -0.4 is 19.9 Å². The number of rotatable bonds is 5. The summed E-state index contributed by atoms with van der Waals surface area (Å²) in [6, 6.07) is 2.38. The van der Waals surface area contributed by atoms with Crippen molar-refractivity contribution < 1.29 is 23.0 Å². The highest BCUT2D eigenvalue weighted by Gasteiger charge is 2.32. The molecule has 0 unspecified atom stereocenters. The van der Waals surface area contributed by atoms with Gasteiger partial charge in [-0.15, -0.1) is 0 Å². The van der Waals surface area contributed by atoms with Crippen LogP contribution in [0.4, 0.5) is 8.78 Å². The first kappa shape index (κ1) is 13.5. The van der Waals surface area contributed by atoms with Crippen molar-refractivity contribution in [1.29, 1.82) is 0 Å². The number of hydrogen-bond acceptors (Lipinski definition) is 4. The Morgan fingerprint density at radius 3 is 1.82 bits per heavy atom. The second-order valence-electron chi connectivity index (χ2n) is 3.32. The van der Waals surface area contributed by atoms with Crippen LogP contribution in [-0.2, 0) is 5.92 Å². The maximum Gasteiger partial charge on any atom is 0.285 e. The molecule has 0 bridgehead atoms. The van der Waals surface area contributed by atoms with Crippen LogP contribution in [0.2, 0.25) is 0 Å². The van der Waals surface area contributed by atoms with Crippen LogP contribution in [0.1, 0.15) is 5.56 Å². The summed E-state index contributed by atoms with van der Waals surface area (Å²) in [5.74, 6) is -2.51. The first-order valence-corrected chi connectivity index (χ1v) is 4.88. The largest absolute Gasteiger partial charge is 0.493 e. The Labute approximate surface area is 98.3 Å². The molecule has 0 aliphatic heterocycles. The standard InChI is InChI=1S/C11H15F2NO3/c1-15-8-4-7(11(12,13)6-14)5-9(16-2)10(8)17-3/h4-5H,6,14H2,1-3H3. The van der Waals surface area contributed by atoms with Crippen LogP contribution in [0.25, 0.3) is 0 Å². The Kier molecular flexibility index (Phi) is 4.11. The maximum atomic E-state index is 13.5. The Bertz CT molecular complexity index is 371. The molecule has 1 aromatic rings. The average molecular weight is 247 g/mol. The van der Waals surface area contributed by atoms with Crippen LogP contribution in [0, 0.1) is 0 Å². The van der Waals surface area contributed by atoms with Gasteiger partial charge in [-0.05, 0) is 12.1 Å². The van der Waals surface area contributed by atoms with E-state index in [1.807, 2.05) is 0 Å². The van der Waals surface area contributed by atoms with Gasteiger partial charge in [0.1, 0.15) is 0 Å². The van der Waals surface area contributed by atoms with E-state index in [9.17, 15) is 8.78 Å². The lowest BCUT2D eigenvalue weighted by Gasteiger charge is -2.18. The molecule has 0 saturated carbocycles. The summed E-state index contributed by atoms with van der Waals surface area (Å²) in [6.45, 7) is -0.786. The van der Waals surface area contributed by atoms with Gasteiger partial charge in [-0.2, -0.15) is 8.78 Å². The number of methoxy groups -OCH3 is 3. The summed E-state index contributed by atoms with van der Waals surface area (Å²) in [7, 11) is 4.13. The molecule has 1 aromatic carbocycles. The predicted molar refractivity (Wildman–Crippen MR) is 59.0 cm³/mol. The molecule has 2 N–H and O–H groups in total. The number of halogens is 2. The third kappa shape index (κ3) is 2.58. The molecule has 0 atom stereocenters. The van der Waals surface area contributed by atoms with E-state index in [0.29, 0.717) is 0 Å². The first-order chi connectivity index (χ1) is 8.00. The minimum atomic E-state index is -3.13. The SMILES string of the molecule is COc1cc(C(F)(F)CN)cc(OC)c1OC. The van der Waals surface area contributed by atoms with Crippen molar-refractivity contribution in [3.63, 3.8) is 0 Å². The Morgan fingerprint density at radius 2 is 1.53 bits per heavy atom. The Morgan fingerprint density at radius 1 is 1.06 bits per heavy atom. The zero-order valence-corrected chi connectivity index (χ0v) is 9.92. The van der Waals surface area contributed by atoms with Crippen molar-refractivity contribution in [3.8, 4) is 17.2 Å². The van der Waals surface area contributed by atoms with E-state index < -0.39 is 12.5 Å². The second kappa shape index (κ2) is 5.18. The zero-order valence-electron chi connectivity index (χ0n) is 9.92. The Hall–Kier alpha value is -1.56. The lowest BCUT2D eigenvalue weighted by Crippen LogP contribution is -2.25. The van der Waals surface area contributed by atoms with Crippen molar-refractivity contribution in [3.05, 3.63) is 17.7 Å². The van der Waals surface area contributed by atoms with Crippen molar-refractivity contribution in [1.82, 2.24) is 0 Å². The van der Waals surface area contributed by atoms with Gasteiger partial charge in [-0.3, -0.25) is 0 Å². The number of alkyl halides is 2. The monoisotopic (exact) mass is 247 g/mol. The molecule has 0 aliphatic carbocycles. The van der Waals surface area contributed by atoms with Gasteiger partial charge in [0.15, 0.2) is 11.5 Å². The molecule has 0 fully saturated rings. The van der Waals surface area contributed by atoms with Gasteiger partial charge in [-0.25, -0.2) is 0 Å². The van der Waals surface area contributed by atoms with Gasteiger partial charge in [0.25, 0.3) is 5.92 Å². The topological polar surface area (TPSA) is 53.7 Å². The minimum Gasteiger partial charge on any atom is -0.493 e. The normalized spacial score (nSPS) is 11.2. The molecule has 17 heavy (non-hydrogen) atoms. The molecule has 4 nitrogen and oxygen atoms in total. The number of nitrogens with two attached hydrogens (primary N) is 1. The Balaban J connectivity index is 3.37. The summed E-state index contributed by atoms with van der Waals surface area (Å²) < 4.78 is 41.9. The van der Waals surface area contributed by atoms with E-state index in [1.165, 1.54) is 33.5 Å². The van der Waals surface area contributed by atoms with Crippen molar-refractivity contribution in [2.24, 2.45) is 5.73 Å². The highest BCUT2D eigenvalue weighted by molar-refractivity contribution is 5.54. The quantitative estimate of drug-likeness (QED) is 0.861. The van der Waals surface area contributed by atoms with Gasteiger partial charge in [-0.1, -0.05) is 0 Å². The fourth-order valence-electron chi connectivity index (χ4n) is 1.41. The third-order valence-electron chi connectivity index (χ3n) is 2.34. The van der Waals surface area contributed by atoms with E-state index in [0.717, 1.165) is 0 Å². The summed E-state index contributed by atoms with van der Waals surface area (Å²) in [6.07, 6.45) is 0. The van der Waals surface area contributed by atoms with Crippen LogP contribution in [0.3, 0.4) is 0 Å². The molecule has 0 aliphatic rings. The molecule has 1 rings (SSSR count). The summed E-state index contributed by atoms with van der Waals surface area (Å²) in [5.41, 5.74) is 4.76. The van der Waals surface area contributed by atoms with E-state index in [1.54, 1.807) is 0 Å². The van der Waals surface area contributed by atoms with Gasteiger partial charge < -0.3 is 19.9 Å². The maximum absolute atomic E-state index is 13.5. The van der Waals surface area contributed by atoms with Crippen molar-refractivity contribution in [2.75, 3.05) is 27.9 Å². The van der Waals surface area contributed by atoms with E-state index in [-0.39, 0.29) is 22.8 Å². The molecule has 96 valence electrons. The molecule has 0 heterocycles. The molecular formula is C11H15F2NO3. The van der Waals surface area contributed by atoms with Crippen LogP contribution in [0.15, 0.2) is 12.1 Å². The molecule has 0 saturated heterocycles. The second-order valence-corrected chi connectivity index (χ2v) is 3.32. The predicted octanol–water partition coefficient (Wildman–Crippen LogP) is 1.76. The lowest BCUT2D eigenvalue weighted by atomic mass is 10.1. The zero-order chi connectivity index (χ0) is 13.1. The lowest BCUT2D eigenvalue weighted by molar-refractivity contribution is 0.00548. The van der Waals surface area contributed by atoms with Crippen molar-refractivity contribution >= 4 is 0 Å². The molecular weight excluding hydrogens is 232 g/mol. The number of ether oxygens (including phenoxy) is 3. The highest BCUT2D eigenvalue weighted by atomic mass is 19.3. The number of hydrogen-bond donors (Lipinski definition) is 1. The summed E-state index contributed by atoms with van der Waals surface area (Å²) in [5, 5.41) is 0. The summed E-state index contributed by atoms with van der Waals surface area (Å²) in [4.78, 5) is 0. The van der Waals surface area contributed by atoms with Gasteiger partial charge >= 0.3 is 0 Å². The fourth-order valence-corrected chi connectivity index (χ4v) is 1.41. The van der Waals surface area contributed by atoms with Crippen LogP contribution in [-0.4, -0.2) is 27.9 Å². The highest BCUT2D eigenvalue weighted by Crippen LogP contribution is 2.42. The third-order valence-corrected chi connectivity index (χ3v) is 2.34. The molecule has 0 aromatic heterocycles. The van der Waals surface area contributed by atoms with Gasteiger partial charge in [0.2, 0.25) is 5.75 Å². The molecule has 0 spiro atoms. The molecule has 0 amide bonds. The molecule has 0 radical (unpaired) electrons. The van der Waals surface area contributed by atoms with Crippen LogP contribution in [0.5, 0.6) is 17.2 Å². The summed E-state index contributed by atoms with van der Waals surface area (Å²) >= 11 is 0. The van der Waals surface area contributed by atoms with E-state index in [4.69, 9.17) is 19.9 Å². The van der Waals surface area contributed by atoms with Gasteiger partial charge in [0, 0.05) is 5.56 Å². The molecule has 6 heteroatoms. The number of benzene rings is 1. The van der Waals surface area contributed by atoms with Gasteiger partial charge in [0.05, 0.1) is 27.9 Å². The average Bonchev–Trinajstić information content (AvgIpc) is 2.36. The van der Waals surface area contributed by atoms with E-state index >= 15 is 0 Å². The van der Waals surface area contributed by atoms with Crippen LogP contribution >= 0.6 is 0 Å². The first-order valence-electron chi connectivity index (χ1n) is 4.88. The fraction of sp³-hybridized carbons (Fsp3) is 0.455. The minimum absolute atomic E-state index is 0.176. The van der Waals surface area contributed by atoms with Crippen molar-refractivity contribution in [2.45, 2.75) is 5.92 Å².